The first-order valence-electron chi connectivity index (χ1n) is 8.84. The first-order valence-corrected chi connectivity index (χ1v) is 10.4. The van der Waals surface area contributed by atoms with Gasteiger partial charge >= 0.3 is 0 Å². The van der Waals surface area contributed by atoms with E-state index in [1.54, 1.807) is 38.5 Å². The predicted molar refractivity (Wildman–Crippen MR) is 116 cm³/mol. The molecule has 1 aromatic heterocycles. The van der Waals surface area contributed by atoms with Crippen molar-refractivity contribution in [3.63, 3.8) is 0 Å². The van der Waals surface area contributed by atoms with Crippen LogP contribution in [-0.4, -0.2) is 20.0 Å². The molecular formula is C21H20FN3O4S. The van der Waals surface area contributed by atoms with Gasteiger partial charge in [0.25, 0.3) is 15.6 Å². The molecule has 3 aromatic rings. The fraction of sp³-hybridized carbons (Fsp3) is 0.0952. The summed E-state index contributed by atoms with van der Waals surface area (Å²) in [7, 11) is -0.524. The predicted octanol–water partition coefficient (Wildman–Crippen LogP) is 3.91. The Kier molecular flexibility index (Phi) is 5.93. The van der Waals surface area contributed by atoms with E-state index in [0.717, 1.165) is 5.41 Å². The van der Waals surface area contributed by atoms with Gasteiger partial charge in [-0.1, -0.05) is 18.7 Å². The zero-order valence-corrected chi connectivity index (χ0v) is 17.2. The van der Waals surface area contributed by atoms with Crippen molar-refractivity contribution in [2.45, 2.75) is 0 Å². The number of ether oxygens (including phenoxy) is 1. The Morgan fingerprint density at radius 3 is 2.53 bits per heavy atom. The van der Waals surface area contributed by atoms with Crippen LogP contribution in [0.2, 0.25) is 0 Å². The van der Waals surface area contributed by atoms with Crippen LogP contribution in [0.3, 0.4) is 0 Å². The molecular weight excluding hydrogens is 409 g/mol. The number of anilines is 2. The minimum atomic E-state index is -3.73. The lowest BCUT2D eigenvalue weighted by molar-refractivity contribution is 0.443. The fourth-order valence-corrected chi connectivity index (χ4v) is 3.34. The van der Waals surface area contributed by atoms with E-state index >= 15 is 0 Å². The molecule has 0 aliphatic rings. The number of hydrogen-bond donors (Lipinski definition) is 2. The van der Waals surface area contributed by atoms with Crippen LogP contribution in [0.15, 0.2) is 71.5 Å². The Morgan fingerprint density at radius 1 is 1.13 bits per heavy atom. The van der Waals surface area contributed by atoms with Gasteiger partial charge in [-0.05, 0) is 36.4 Å². The summed E-state index contributed by atoms with van der Waals surface area (Å²) in [5.74, 6) is -0.254. The lowest BCUT2D eigenvalue weighted by atomic mass is 10.0. The average Bonchev–Trinajstić information content (AvgIpc) is 2.72. The molecule has 2 aromatic carbocycles. The number of rotatable bonds is 7. The van der Waals surface area contributed by atoms with E-state index in [4.69, 9.17) is 4.74 Å². The van der Waals surface area contributed by atoms with Gasteiger partial charge in [0.05, 0.1) is 0 Å². The van der Waals surface area contributed by atoms with Crippen molar-refractivity contribution < 1.29 is 17.5 Å². The van der Waals surface area contributed by atoms with Crippen molar-refractivity contribution in [2.24, 2.45) is 7.05 Å². The number of aryl methyl sites for hydroxylation is 1. The number of benzene rings is 2. The number of nitrogens with one attached hydrogen (secondary N) is 2. The molecule has 0 saturated heterocycles. The maximum Gasteiger partial charge on any atom is 0.273 e. The maximum atomic E-state index is 14.1. The third-order valence-corrected chi connectivity index (χ3v) is 5.24. The van der Waals surface area contributed by atoms with Crippen molar-refractivity contribution in [2.75, 3.05) is 17.1 Å². The van der Waals surface area contributed by atoms with Gasteiger partial charge in [0.1, 0.15) is 11.4 Å². The molecule has 0 aliphatic carbocycles. The van der Waals surface area contributed by atoms with E-state index in [1.807, 2.05) is 0 Å². The average molecular weight is 429 g/mol. The molecule has 0 saturated carbocycles. The first-order chi connectivity index (χ1) is 14.2. The third kappa shape index (κ3) is 4.52. The van der Waals surface area contributed by atoms with E-state index in [9.17, 15) is 17.6 Å². The normalized spacial score (nSPS) is 11.0. The van der Waals surface area contributed by atoms with Gasteiger partial charge in [-0.25, -0.2) is 12.8 Å². The smallest absolute Gasteiger partial charge is 0.273 e. The third-order valence-electron chi connectivity index (χ3n) is 4.28. The molecule has 0 atom stereocenters. The van der Waals surface area contributed by atoms with Crippen LogP contribution in [0.1, 0.15) is 0 Å². The Balaban J connectivity index is 2.18. The molecule has 0 aliphatic heterocycles. The molecule has 0 spiro atoms. The highest BCUT2D eigenvalue weighted by Crippen LogP contribution is 2.37. The van der Waals surface area contributed by atoms with E-state index < -0.39 is 15.8 Å². The van der Waals surface area contributed by atoms with Gasteiger partial charge in [-0.3, -0.25) is 9.52 Å². The monoisotopic (exact) mass is 429 g/mol. The maximum absolute atomic E-state index is 14.1. The van der Waals surface area contributed by atoms with Crippen molar-refractivity contribution >= 4 is 21.4 Å². The van der Waals surface area contributed by atoms with E-state index in [-0.39, 0.29) is 22.7 Å². The molecule has 0 bridgehead atoms. The number of nitrogens with zero attached hydrogens (tertiary/aromatic N) is 1. The number of hydrogen-bond acceptors (Lipinski definition) is 5. The van der Waals surface area contributed by atoms with Crippen LogP contribution in [0.25, 0.3) is 11.1 Å². The molecule has 2 N–H and O–H groups in total. The molecule has 1 heterocycles. The minimum absolute atomic E-state index is 0.0110. The number of halogens is 1. The highest BCUT2D eigenvalue weighted by molar-refractivity contribution is 7.95. The van der Waals surface area contributed by atoms with Crippen molar-refractivity contribution in [3.8, 4) is 22.6 Å². The summed E-state index contributed by atoms with van der Waals surface area (Å²) in [5.41, 5.74) is 1.37. The van der Waals surface area contributed by atoms with Gasteiger partial charge in [0.15, 0.2) is 11.6 Å². The number of para-hydroxylation sites is 1. The Bertz CT molecular complexity index is 1270. The zero-order valence-electron chi connectivity index (χ0n) is 16.3. The van der Waals surface area contributed by atoms with Crippen LogP contribution in [0.5, 0.6) is 11.5 Å². The second kappa shape index (κ2) is 8.42. The summed E-state index contributed by atoms with van der Waals surface area (Å²) >= 11 is 0. The van der Waals surface area contributed by atoms with Gasteiger partial charge in [-0.15, -0.1) is 0 Å². The highest BCUT2D eigenvalue weighted by Gasteiger charge is 2.15. The molecule has 0 amide bonds. The zero-order chi connectivity index (χ0) is 21.9. The van der Waals surface area contributed by atoms with Crippen LogP contribution in [0.4, 0.5) is 15.8 Å². The number of pyridine rings is 1. The molecule has 9 heteroatoms. The SMILES string of the molecule is C=CS(=O)(=O)Nc1ccc(Oc2ccccc2F)c(-c2cc(NC)c(=O)n(C)c2)c1. The Hall–Kier alpha value is -3.59. The van der Waals surface area contributed by atoms with Gasteiger partial charge in [0, 0.05) is 42.5 Å². The van der Waals surface area contributed by atoms with Gasteiger partial charge in [-0.2, -0.15) is 0 Å². The van der Waals surface area contributed by atoms with Crippen LogP contribution < -0.4 is 20.3 Å². The van der Waals surface area contributed by atoms with Crippen LogP contribution >= 0.6 is 0 Å². The summed E-state index contributed by atoms with van der Waals surface area (Å²) < 4.78 is 47.4. The summed E-state index contributed by atoms with van der Waals surface area (Å²) in [5, 5.41) is 3.62. The molecule has 30 heavy (non-hydrogen) atoms. The van der Waals surface area contributed by atoms with E-state index in [2.05, 4.69) is 16.6 Å². The summed E-state index contributed by atoms with van der Waals surface area (Å²) in [6.07, 6.45) is 1.58. The minimum Gasteiger partial charge on any atom is -0.454 e. The largest absolute Gasteiger partial charge is 0.454 e. The molecule has 0 radical (unpaired) electrons. The summed E-state index contributed by atoms with van der Waals surface area (Å²) in [6.45, 7) is 3.27. The van der Waals surface area contributed by atoms with Crippen molar-refractivity contribution in [3.05, 3.63) is 82.9 Å². The lowest BCUT2D eigenvalue weighted by Crippen LogP contribution is -2.19. The quantitative estimate of drug-likeness (QED) is 0.594. The molecule has 0 unspecified atom stereocenters. The standard InChI is InChI=1S/C21H20FN3O4S/c1-4-30(27,28)24-15-9-10-19(29-20-8-6-5-7-17(20)22)16(12-15)14-11-18(23-2)21(26)25(3)13-14/h4-13,23-24H,1H2,2-3H3. The summed E-state index contributed by atoms with van der Waals surface area (Å²) in [4.78, 5) is 12.2. The number of aromatic nitrogens is 1. The van der Waals surface area contributed by atoms with Crippen molar-refractivity contribution in [1.82, 2.24) is 4.57 Å². The molecule has 156 valence electrons. The van der Waals surface area contributed by atoms with E-state index in [1.165, 1.54) is 34.9 Å². The van der Waals surface area contributed by atoms with Gasteiger partial charge < -0.3 is 14.6 Å². The molecule has 7 nitrogen and oxygen atoms in total. The second-order valence-corrected chi connectivity index (χ2v) is 7.99. The highest BCUT2D eigenvalue weighted by atomic mass is 32.2. The lowest BCUT2D eigenvalue weighted by Gasteiger charge is -2.16. The van der Waals surface area contributed by atoms with Gasteiger partial charge in [0.2, 0.25) is 0 Å². The molecule has 0 fully saturated rings. The first kappa shape index (κ1) is 21.1. The number of sulfonamides is 1. The summed E-state index contributed by atoms with van der Waals surface area (Å²) in [6, 6.07) is 12.1. The second-order valence-electron chi connectivity index (χ2n) is 6.37. The Labute approximate surface area is 173 Å². The Morgan fingerprint density at radius 2 is 1.87 bits per heavy atom. The van der Waals surface area contributed by atoms with Crippen LogP contribution in [-0.2, 0) is 17.1 Å². The van der Waals surface area contributed by atoms with E-state index in [0.29, 0.717) is 16.8 Å². The van der Waals surface area contributed by atoms with Crippen molar-refractivity contribution in [1.29, 1.82) is 0 Å². The topological polar surface area (TPSA) is 89.4 Å². The van der Waals surface area contributed by atoms with Crippen LogP contribution in [0, 0.1) is 5.82 Å². The molecule has 3 rings (SSSR count). The fourth-order valence-electron chi connectivity index (χ4n) is 2.80.